The fraction of sp³-hybridized carbons (Fsp3) is 0.636. The lowest BCUT2D eigenvalue weighted by molar-refractivity contribution is 0.0200. The molecule has 0 aromatic carbocycles. The van der Waals surface area contributed by atoms with E-state index in [9.17, 15) is 0 Å². The van der Waals surface area contributed by atoms with Crippen LogP contribution in [0.25, 0.3) is 0 Å². The van der Waals surface area contributed by atoms with E-state index in [0.717, 1.165) is 0 Å². The van der Waals surface area contributed by atoms with Crippen LogP contribution in [-0.4, -0.2) is 48.4 Å². The molecule has 0 heterocycles. The summed E-state index contributed by atoms with van der Waals surface area (Å²) in [6.45, 7) is 9.24. The Kier molecular flexibility index (Phi) is 12.7. The van der Waals surface area contributed by atoms with Gasteiger partial charge in [0.1, 0.15) is 0 Å². The van der Waals surface area contributed by atoms with Crippen LogP contribution in [0.1, 0.15) is 6.92 Å². The van der Waals surface area contributed by atoms with E-state index < -0.39 is 5.41 Å². The van der Waals surface area contributed by atoms with Gasteiger partial charge in [0.25, 0.3) is 0 Å². The Morgan fingerprint density at radius 1 is 1.00 bits per heavy atom. The standard InChI is InChI=1S/C6H10O.C5H12O3/c1-3-5-7-6-4-2;1-5(2-6,3-7)4-8/h3-4H,1-2,5-6H2;6-8H,2-4H2,1H3. The van der Waals surface area contributed by atoms with E-state index >= 15 is 0 Å². The molecule has 0 spiro atoms. The highest BCUT2D eigenvalue weighted by molar-refractivity contribution is 4.69. The number of ether oxygens (including phenoxy) is 1. The van der Waals surface area contributed by atoms with Crippen LogP contribution in [0.5, 0.6) is 0 Å². The largest absolute Gasteiger partial charge is 0.396 e. The highest BCUT2D eigenvalue weighted by Gasteiger charge is 2.20. The molecule has 0 fully saturated rings. The predicted octanol–water partition coefficient (Wildman–Crippen LogP) is 0.345. The molecule has 3 N–H and O–H groups in total. The second-order valence-corrected chi connectivity index (χ2v) is 3.40. The molecule has 4 nitrogen and oxygen atoms in total. The minimum Gasteiger partial charge on any atom is -0.396 e. The zero-order chi connectivity index (χ0) is 12.2. The molecule has 0 aliphatic carbocycles. The fourth-order valence-corrected chi connectivity index (χ4v) is 0.385. The summed E-state index contributed by atoms with van der Waals surface area (Å²) >= 11 is 0. The minimum atomic E-state index is -0.708. The van der Waals surface area contributed by atoms with E-state index in [4.69, 9.17) is 20.1 Å². The van der Waals surface area contributed by atoms with Crippen LogP contribution in [0.3, 0.4) is 0 Å². The minimum absolute atomic E-state index is 0.181. The van der Waals surface area contributed by atoms with Crippen molar-refractivity contribution < 1.29 is 20.1 Å². The average molecular weight is 218 g/mol. The third-order valence-corrected chi connectivity index (χ3v) is 1.62. The van der Waals surface area contributed by atoms with E-state index in [1.54, 1.807) is 19.1 Å². The Balaban J connectivity index is 0. The molecule has 0 saturated heterocycles. The van der Waals surface area contributed by atoms with Gasteiger partial charge in [-0.1, -0.05) is 19.1 Å². The van der Waals surface area contributed by atoms with Crippen LogP contribution in [-0.2, 0) is 4.74 Å². The SMILES string of the molecule is C=CCOCC=C.CC(CO)(CO)CO. The number of hydrogen-bond acceptors (Lipinski definition) is 4. The molecule has 0 aromatic heterocycles. The maximum atomic E-state index is 8.47. The Morgan fingerprint density at radius 2 is 1.33 bits per heavy atom. The van der Waals surface area contributed by atoms with Gasteiger partial charge in [-0.3, -0.25) is 0 Å². The molecule has 0 saturated carbocycles. The van der Waals surface area contributed by atoms with E-state index in [1.807, 2.05) is 0 Å². The second-order valence-electron chi connectivity index (χ2n) is 3.40. The van der Waals surface area contributed by atoms with Crippen molar-refractivity contribution in [3.63, 3.8) is 0 Å². The zero-order valence-corrected chi connectivity index (χ0v) is 9.35. The Hall–Kier alpha value is -0.680. The number of hydrogen-bond donors (Lipinski definition) is 3. The lowest BCUT2D eigenvalue weighted by Crippen LogP contribution is -2.29. The van der Waals surface area contributed by atoms with Crippen molar-refractivity contribution in [2.75, 3.05) is 33.0 Å². The van der Waals surface area contributed by atoms with Crippen molar-refractivity contribution in [1.82, 2.24) is 0 Å². The first kappa shape index (κ1) is 16.7. The monoisotopic (exact) mass is 218 g/mol. The molecule has 0 bridgehead atoms. The summed E-state index contributed by atoms with van der Waals surface area (Å²) in [4.78, 5) is 0. The van der Waals surface area contributed by atoms with Crippen LogP contribution in [0.4, 0.5) is 0 Å². The molecule has 0 amide bonds. The normalized spacial score (nSPS) is 10.1. The molecule has 0 unspecified atom stereocenters. The summed E-state index contributed by atoms with van der Waals surface area (Å²) < 4.78 is 4.90. The number of aliphatic hydroxyl groups is 3. The van der Waals surface area contributed by atoms with Crippen molar-refractivity contribution in [2.45, 2.75) is 6.92 Å². The number of rotatable bonds is 7. The molecule has 0 aliphatic rings. The molecular weight excluding hydrogens is 196 g/mol. The summed E-state index contributed by atoms with van der Waals surface area (Å²) in [5, 5.41) is 25.4. The molecule has 15 heavy (non-hydrogen) atoms. The van der Waals surface area contributed by atoms with Crippen molar-refractivity contribution in [1.29, 1.82) is 0 Å². The summed E-state index contributed by atoms with van der Waals surface area (Å²) in [5.41, 5.74) is -0.708. The van der Waals surface area contributed by atoms with Gasteiger partial charge in [0.05, 0.1) is 33.0 Å². The maximum absolute atomic E-state index is 8.47. The Morgan fingerprint density at radius 3 is 1.47 bits per heavy atom. The average Bonchev–Trinajstić information content (AvgIpc) is 2.30. The molecule has 0 rings (SSSR count). The first-order chi connectivity index (χ1) is 7.10. The van der Waals surface area contributed by atoms with Crippen LogP contribution in [0, 0.1) is 5.41 Å². The van der Waals surface area contributed by atoms with Gasteiger partial charge in [-0.2, -0.15) is 0 Å². The number of aliphatic hydroxyl groups excluding tert-OH is 3. The molecule has 0 aliphatic heterocycles. The van der Waals surface area contributed by atoms with E-state index in [0.29, 0.717) is 13.2 Å². The molecule has 4 heteroatoms. The molecule has 0 radical (unpaired) electrons. The lowest BCUT2D eigenvalue weighted by atomic mass is 9.95. The molecule has 0 aromatic rings. The van der Waals surface area contributed by atoms with Gasteiger partial charge in [0.15, 0.2) is 0 Å². The smallest absolute Gasteiger partial charge is 0.0649 e. The topological polar surface area (TPSA) is 69.9 Å². The summed E-state index contributed by atoms with van der Waals surface area (Å²) in [7, 11) is 0. The Labute approximate surface area is 91.5 Å². The van der Waals surface area contributed by atoms with Gasteiger partial charge in [0, 0.05) is 5.41 Å². The highest BCUT2D eigenvalue weighted by Crippen LogP contribution is 2.10. The van der Waals surface area contributed by atoms with Crippen molar-refractivity contribution in [3.05, 3.63) is 25.3 Å². The second kappa shape index (κ2) is 11.4. The van der Waals surface area contributed by atoms with Crippen LogP contribution in [0.2, 0.25) is 0 Å². The quantitative estimate of drug-likeness (QED) is 0.426. The molecular formula is C11H22O4. The van der Waals surface area contributed by atoms with Gasteiger partial charge in [0.2, 0.25) is 0 Å². The van der Waals surface area contributed by atoms with Gasteiger partial charge < -0.3 is 20.1 Å². The summed E-state index contributed by atoms with van der Waals surface area (Å²) in [6, 6.07) is 0. The fourth-order valence-electron chi connectivity index (χ4n) is 0.385. The van der Waals surface area contributed by atoms with E-state index in [-0.39, 0.29) is 19.8 Å². The van der Waals surface area contributed by atoms with Crippen molar-refractivity contribution in [3.8, 4) is 0 Å². The predicted molar refractivity (Wildman–Crippen MR) is 60.6 cm³/mol. The van der Waals surface area contributed by atoms with Gasteiger partial charge in [-0.15, -0.1) is 13.2 Å². The van der Waals surface area contributed by atoms with E-state index in [1.165, 1.54) is 0 Å². The van der Waals surface area contributed by atoms with Gasteiger partial charge in [-0.05, 0) is 0 Å². The third-order valence-electron chi connectivity index (χ3n) is 1.62. The van der Waals surface area contributed by atoms with Gasteiger partial charge >= 0.3 is 0 Å². The Bertz CT molecular complexity index is 136. The van der Waals surface area contributed by atoms with Crippen LogP contribution in [0.15, 0.2) is 25.3 Å². The van der Waals surface area contributed by atoms with Crippen LogP contribution < -0.4 is 0 Å². The molecule has 0 atom stereocenters. The zero-order valence-electron chi connectivity index (χ0n) is 9.35. The summed E-state index contributed by atoms with van der Waals surface area (Å²) in [5.74, 6) is 0. The van der Waals surface area contributed by atoms with Crippen molar-refractivity contribution >= 4 is 0 Å². The van der Waals surface area contributed by atoms with Gasteiger partial charge in [-0.25, -0.2) is 0 Å². The van der Waals surface area contributed by atoms with Crippen LogP contribution >= 0.6 is 0 Å². The lowest BCUT2D eigenvalue weighted by Gasteiger charge is -2.20. The first-order valence-electron chi connectivity index (χ1n) is 4.72. The maximum Gasteiger partial charge on any atom is 0.0649 e. The highest BCUT2D eigenvalue weighted by atomic mass is 16.5. The van der Waals surface area contributed by atoms with Crippen molar-refractivity contribution in [2.24, 2.45) is 5.41 Å². The third kappa shape index (κ3) is 11.2. The van der Waals surface area contributed by atoms with E-state index in [2.05, 4.69) is 13.2 Å². The summed E-state index contributed by atoms with van der Waals surface area (Å²) in [6.07, 6.45) is 3.42. The first-order valence-corrected chi connectivity index (χ1v) is 4.72. The molecule has 90 valence electrons.